The number of hydrogen-bond donors (Lipinski definition) is 4. The Bertz CT molecular complexity index is 954. The highest BCUT2D eigenvalue weighted by atomic mass is 32.1. The molecule has 162 valence electrons. The Hall–Kier alpha value is -1.69. The lowest BCUT2D eigenvalue weighted by molar-refractivity contribution is -0.150. The highest BCUT2D eigenvalue weighted by Gasteiger charge is 2.44. The molecule has 4 N–H and O–H groups in total. The van der Waals surface area contributed by atoms with E-state index in [1.54, 1.807) is 34.0 Å². The molecule has 2 atom stereocenters. The lowest BCUT2D eigenvalue weighted by atomic mass is 9.96. The molecule has 10 heteroatoms. The topological polar surface area (TPSA) is 81.6 Å². The van der Waals surface area contributed by atoms with Gasteiger partial charge < -0.3 is 10.4 Å². The Balaban J connectivity index is 1.55. The van der Waals surface area contributed by atoms with Gasteiger partial charge in [-0.05, 0) is 62.0 Å². The van der Waals surface area contributed by atoms with Gasteiger partial charge in [-0.1, -0.05) is 6.07 Å². The third-order valence-electron chi connectivity index (χ3n) is 4.62. The molecule has 0 saturated carbocycles. The van der Waals surface area contributed by atoms with Gasteiger partial charge >= 0.3 is 0 Å². The second kappa shape index (κ2) is 10.1. The summed E-state index contributed by atoms with van der Waals surface area (Å²) < 4.78 is 26.1. The van der Waals surface area contributed by atoms with Gasteiger partial charge in [0.05, 0.1) is 0 Å². The number of halogens is 2. The summed E-state index contributed by atoms with van der Waals surface area (Å²) in [5.41, 5.74) is -1.27. The highest BCUT2D eigenvalue weighted by molar-refractivity contribution is 7.26. The first-order chi connectivity index (χ1) is 14.3. The minimum atomic E-state index is -3.14. The first-order valence-electron chi connectivity index (χ1n) is 9.23. The average molecular weight is 473 g/mol. The smallest absolute Gasteiger partial charge is 0.268 e. The number of amides is 1. The zero-order valence-corrected chi connectivity index (χ0v) is 18.6. The number of alkyl halides is 2. The molecule has 30 heavy (non-hydrogen) atoms. The van der Waals surface area contributed by atoms with E-state index in [1.807, 2.05) is 12.1 Å². The lowest BCUT2D eigenvalue weighted by Crippen LogP contribution is -2.60. The van der Waals surface area contributed by atoms with Crippen molar-refractivity contribution in [2.45, 2.75) is 37.8 Å². The monoisotopic (exact) mass is 472 g/mol. The van der Waals surface area contributed by atoms with Crippen molar-refractivity contribution in [3.8, 4) is 19.5 Å². The number of thiophene rings is 3. The largest absolute Gasteiger partial charge is 0.382 e. The van der Waals surface area contributed by atoms with E-state index in [-0.39, 0.29) is 6.54 Å². The van der Waals surface area contributed by atoms with Gasteiger partial charge in [-0.15, -0.1) is 34.0 Å². The van der Waals surface area contributed by atoms with Crippen molar-refractivity contribution in [2.24, 2.45) is 0 Å². The molecular weight excluding hydrogens is 450 g/mol. The molecule has 3 aromatic rings. The van der Waals surface area contributed by atoms with Crippen LogP contribution in [0.25, 0.3) is 19.5 Å². The van der Waals surface area contributed by atoms with Crippen LogP contribution in [0.4, 0.5) is 8.78 Å². The average Bonchev–Trinajstić information content (AvgIpc) is 3.47. The zero-order chi connectivity index (χ0) is 21.7. The molecule has 3 rings (SSSR count). The number of nitrogens with one attached hydrogen (secondary N) is 2. The van der Waals surface area contributed by atoms with Crippen LogP contribution in [0.1, 0.15) is 18.2 Å². The maximum absolute atomic E-state index is 13.0. The molecular formula is C20H22F2N2O3S3. The van der Waals surface area contributed by atoms with Gasteiger partial charge in [-0.3, -0.25) is 10.0 Å². The van der Waals surface area contributed by atoms with Gasteiger partial charge in [-0.25, -0.2) is 14.3 Å². The molecule has 3 heterocycles. The molecule has 0 fully saturated rings. The van der Waals surface area contributed by atoms with Crippen LogP contribution in [-0.2, 0) is 11.2 Å². The molecule has 0 aliphatic carbocycles. The molecule has 5 nitrogen and oxygen atoms in total. The van der Waals surface area contributed by atoms with Crippen molar-refractivity contribution in [3.05, 3.63) is 46.7 Å². The van der Waals surface area contributed by atoms with Gasteiger partial charge in [0.1, 0.15) is 11.6 Å². The van der Waals surface area contributed by atoms with Crippen LogP contribution in [0, 0.1) is 0 Å². The van der Waals surface area contributed by atoms with E-state index in [4.69, 9.17) is 5.21 Å². The molecule has 3 aromatic heterocycles. The second-order valence-electron chi connectivity index (χ2n) is 6.90. The summed E-state index contributed by atoms with van der Waals surface area (Å²) in [6, 6.07) is 10.9. The summed E-state index contributed by atoms with van der Waals surface area (Å²) in [7, 11) is 0. The molecule has 0 aliphatic heterocycles. The van der Waals surface area contributed by atoms with E-state index in [0.29, 0.717) is 12.8 Å². The van der Waals surface area contributed by atoms with Crippen LogP contribution < -0.4 is 10.8 Å². The zero-order valence-electron chi connectivity index (χ0n) is 16.1. The number of aliphatic hydroxyl groups is 1. The summed E-state index contributed by atoms with van der Waals surface area (Å²) in [6.07, 6.45) is -1.86. The molecule has 1 amide bonds. The Kier molecular flexibility index (Phi) is 7.72. The Morgan fingerprint density at radius 1 is 1.10 bits per heavy atom. The summed E-state index contributed by atoms with van der Waals surface area (Å²) in [6.45, 7) is 1.09. The standard InChI is InChI=1S/C20H22F2N2O3S3/c1-20(26,19(21)22)17(18(25)24-27)23-10-2-4-12-6-7-15(29-12)16-9-8-14(30-16)13-5-3-11-28-13/h3,5-9,11,17,19,23,26-27H,2,4,10H2,1H3,(H,24,25)/t17-,20+/m1/s1. The maximum atomic E-state index is 13.0. The van der Waals surface area contributed by atoms with Crippen molar-refractivity contribution in [1.29, 1.82) is 0 Å². The van der Waals surface area contributed by atoms with Crippen LogP contribution in [0.5, 0.6) is 0 Å². The summed E-state index contributed by atoms with van der Waals surface area (Å²) in [5.74, 6) is -1.10. The van der Waals surface area contributed by atoms with Gasteiger partial charge in [0.15, 0.2) is 0 Å². The summed E-state index contributed by atoms with van der Waals surface area (Å²) in [4.78, 5) is 17.6. The van der Waals surface area contributed by atoms with E-state index >= 15 is 0 Å². The van der Waals surface area contributed by atoms with Gasteiger partial charge in [0.2, 0.25) is 0 Å². The molecule has 0 spiro atoms. The third-order valence-corrected chi connectivity index (χ3v) is 8.11. The minimum Gasteiger partial charge on any atom is -0.382 e. The Morgan fingerprint density at radius 2 is 1.77 bits per heavy atom. The van der Waals surface area contributed by atoms with E-state index in [0.717, 1.165) is 11.8 Å². The van der Waals surface area contributed by atoms with Crippen LogP contribution in [0.15, 0.2) is 41.8 Å². The normalized spacial score (nSPS) is 14.6. The van der Waals surface area contributed by atoms with Crippen molar-refractivity contribution < 1.29 is 23.9 Å². The van der Waals surface area contributed by atoms with E-state index < -0.39 is 24.0 Å². The van der Waals surface area contributed by atoms with Gasteiger partial charge in [-0.2, -0.15) is 0 Å². The van der Waals surface area contributed by atoms with Crippen LogP contribution in [-0.4, -0.2) is 40.8 Å². The summed E-state index contributed by atoms with van der Waals surface area (Å²) in [5, 5.41) is 23.3. The van der Waals surface area contributed by atoms with Crippen molar-refractivity contribution >= 4 is 39.9 Å². The maximum Gasteiger partial charge on any atom is 0.268 e. The fourth-order valence-corrected chi connectivity index (χ4v) is 5.91. The van der Waals surface area contributed by atoms with Crippen molar-refractivity contribution in [2.75, 3.05) is 6.54 Å². The number of aryl methyl sites for hydroxylation is 1. The molecule has 0 bridgehead atoms. The SMILES string of the molecule is C[C@@](O)(C(F)F)[C@H](NCCCc1ccc(-c2ccc(-c3cccs3)s2)s1)C(=O)NO. The molecule has 0 saturated heterocycles. The summed E-state index contributed by atoms with van der Waals surface area (Å²) >= 11 is 5.13. The molecule has 0 radical (unpaired) electrons. The Labute approximate surface area is 185 Å². The van der Waals surface area contributed by atoms with Gasteiger partial charge in [0, 0.05) is 24.4 Å². The molecule has 0 aromatic carbocycles. The predicted molar refractivity (Wildman–Crippen MR) is 118 cm³/mol. The predicted octanol–water partition coefficient (Wildman–Crippen LogP) is 4.62. The first-order valence-corrected chi connectivity index (χ1v) is 11.7. The number of hydroxylamine groups is 1. The quantitative estimate of drug-likeness (QED) is 0.197. The minimum absolute atomic E-state index is 0.232. The second-order valence-corrected chi connectivity index (χ2v) is 10.1. The van der Waals surface area contributed by atoms with Crippen LogP contribution in [0.2, 0.25) is 0 Å². The van der Waals surface area contributed by atoms with E-state index in [1.165, 1.54) is 25.0 Å². The fourth-order valence-electron chi connectivity index (χ4n) is 2.93. The van der Waals surface area contributed by atoms with E-state index in [9.17, 15) is 18.7 Å². The van der Waals surface area contributed by atoms with Crippen LogP contribution in [0.3, 0.4) is 0 Å². The fraction of sp³-hybridized carbons (Fsp3) is 0.350. The third kappa shape index (κ3) is 5.32. The number of carbonyl (C=O) groups excluding carboxylic acids is 1. The number of hydrogen-bond acceptors (Lipinski definition) is 7. The number of carbonyl (C=O) groups is 1. The first kappa shape index (κ1) is 23.0. The molecule has 0 unspecified atom stereocenters. The van der Waals surface area contributed by atoms with Crippen molar-refractivity contribution in [1.82, 2.24) is 10.8 Å². The lowest BCUT2D eigenvalue weighted by Gasteiger charge is -2.31. The van der Waals surface area contributed by atoms with Gasteiger partial charge in [0.25, 0.3) is 12.3 Å². The highest BCUT2D eigenvalue weighted by Crippen LogP contribution is 2.39. The van der Waals surface area contributed by atoms with E-state index in [2.05, 4.69) is 35.0 Å². The number of rotatable bonds is 10. The molecule has 0 aliphatic rings. The Morgan fingerprint density at radius 3 is 2.40 bits per heavy atom. The van der Waals surface area contributed by atoms with Crippen molar-refractivity contribution in [3.63, 3.8) is 0 Å². The van der Waals surface area contributed by atoms with Crippen LogP contribution >= 0.6 is 34.0 Å².